The molecule has 2 aromatic carbocycles. The average molecular weight is 305 g/mol. The van der Waals surface area contributed by atoms with Crippen LogP contribution >= 0.6 is 23.2 Å². The fourth-order valence-electron chi connectivity index (χ4n) is 1.83. The number of halogens is 2. The van der Waals surface area contributed by atoms with Crippen LogP contribution in [0.5, 0.6) is 0 Å². The van der Waals surface area contributed by atoms with Gasteiger partial charge in [-0.1, -0.05) is 29.3 Å². The third-order valence-corrected chi connectivity index (χ3v) is 3.68. The number of H-pyrrole nitrogens is 1. The molecule has 0 saturated carbocycles. The minimum Gasteiger partial charge on any atom is -0.399 e. The molecule has 0 fully saturated rings. The normalized spacial score (nSPS) is 10.7. The summed E-state index contributed by atoms with van der Waals surface area (Å²) in [6.07, 6.45) is 0. The highest BCUT2D eigenvalue weighted by Crippen LogP contribution is 2.32. The van der Waals surface area contributed by atoms with E-state index in [-0.39, 0.29) is 0 Å². The molecule has 0 aliphatic carbocycles. The molecule has 6 heteroatoms. The van der Waals surface area contributed by atoms with Crippen LogP contribution in [0.15, 0.2) is 42.5 Å². The van der Waals surface area contributed by atoms with Gasteiger partial charge < -0.3 is 5.73 Å². The number of hydrogen-bond donors (Lipinski definition) is 2. The molecule has 20 heavy (non-hydrogen) atoms. The van der Waals surface area contributed by atoms with Crippen molar-refractivity contribution in [3.05, 3.63) is 52.5 Å². The van der Waals surface area contributed by atoms with Crippen LogP contribution in [-0.2, 0) is 0 Å². The SMILES string of the molecule is Nc1ccc(-c2n[nH]c(-c3cccc(Cl)c3Cl)n2)cc1. The molecule has 0 atom stereocenters. The van der Waals surface area contributed by atoms with Crippen molar-refractivity contribution in [2.24, 2.45) is 0 Å². The number of nitrogen functional groups attached to an aromatic ring is 1. The smallest absolute Gasteiger partial charge is 0.181 e. The molecule has 0 aliphatic rings. The Bertz CT molecular complexity index is 750. The van der Waals surface area contributed by atoms with Crippen molar-refractivity contribution in [3.8, 4) is 22.8 Å². The van der Waals surface area contributed by atoms with Gasteiger partial charge in [-0.15, -0.1) is 0 Å². The summed E-state index contributed by atoms with van der Waals surface area (Å²) in [5.41, 5.74) is 7.94. The summed E-state index contributed by atoms with van der Waals surface area (Å²) in [7, 11) is 0. The maximum atomic E-state index is 6.17. The molecular weight excluding hydrogens is 295 g/mol. The van der Waals surface area contributed by atoms with E-state index in [1.807, 2.05) is 24.3 Å². The molecule has 0 spiro atoms. The molecule has 100 valence electrons. The summed E-state index contributed by atoms with van der Waals surface area (Å²) in [6, 6.07) is 12.7. The van der Waals surface area contributed by atoms with E-state index in [0.717, 1.165) is 5.56 Å². The summed E-state index contributed by atoms with van der Waals surface area (Å²) in [4.78, 5) is 4.43. The van der Waals surface area contributed by atoms with Crippen LogP contribution in [0, 0.1) is 0 Å². The summed E-state index contributed by atoms with van der Waals surface area (Å²) in [6.45, 7) is 0. The van der Waals surface area contributed by atoms with Gasteiger partial charge in [0.05, 0.1) is 10.0 Å². The van der Waals surface area contributed by atoms with Crippen molar-refractivity contribution in [1.82, 2.24) is 15.2 Å². The molecule has 0 amide bonds. The second kappa shape index (κ2) is 5.15. The highest BCUT2D eigenvalue weighted by atomic mass is 35.5. The Hall–Kier alpha value is -2.04. The van der Waals surface area contributed by atoms with Crippen LogP contribution in [0.2, 0.25) is 10.0 Å². The van der Waals surface area contributed by atoms with Crippen molar-refractivity contribution >= 4 is 28.9 Å². The first-order valence-corrected chi connectivity index (χ1v) is 6.63. The molecule has 1 heterocycles. The Kier molecular flexibility index (Phi) is 3.34. The lowest BCUT2D eigenvalue weighted by Gasteiger charge is -2.01. The predicted molar refractivity (Wildman–Crippen MR) is 81.7 cm³/mol. The van der Waals surface area contributed by atoms with E-state index in [2.05, 4.69) is 15.2 Å². The topological polar surface area (TPSA) is 67.6 Å². The number of nitrogens with two attached hydrogens (primary N) is 1. The van der Waals surface area contributed by atoms with Gasteiger partial charge in [-0.25, -0.2) is 4.98 Å². The zero-order chi connectivity index (χ0) is 14.1. The van der Waals surface area contributed by atoms with E-state index in [1.54, 1.807) is 18.2 Å². The Labute approximate surface area is 125 Å². The molecule has 3 rings (SSSR count). The monoisotopic (exact) mass is 304 g/mol. The Balaban J connectivity index is 2.02. The predicted octanol–water partition coefficient (Wildman–Crippen LogP) is 4.03. The van der Waals surface area contributed by atoms with E-state index in [0.29, 0.717) is 32.9 Å². The Morgan fingerprint density at radius 1 is 1.00 bits per heavy atom. The molecular formula is C14H10Cl2N4. The van der Waals surface area contributed by atoms with Gasteiger partial charge in [0.15, 0.2) is 11.6 Å². The molecule has 0 aliphatic heterocycles. The van der Waals surface area contributed by atoms with Crippen LogP contribution in [-0.4, -0.2) is 15.2 Å². The van der Waals surface area contributed by atoms with Gasteiger partial charge >= 0.3 is 0 Å². The Morgan fingerprint density at radius 3 is 2.50 bits per heavy atom. The average Bonchev–Trinajstić information content (AvgIpc) is 2.92. The quantitative estimate of drug-likeness (QED) is 0.702. The first kappa shape index (κ1) is 13.0. The zero-order valence-electron chi connectivity index (χ0n) is 10.3. The second-order valence-electron chi connectivity index (χ2n) is 4.23. The molecule has 0 saturated heterocycles. The van der Waals surface area contributed by atoms with Gasteiger partial charge in [-0.2, -0.15) is 5.10 Å². The number of nitrogens with one attached hydrogen (secondary N) is 1. The molecule has 3 N–H and O–H groups in total. The Morgan fingerprint density at radius 2 is 1.75 bits per heavy atom. The number of aromatic amines is 1. The molecule has 4 nitrogen and oxygen atoms in total. The van der Waals surface area contributed by atoms with Gasteiger partial charge in [0.1, 0.15) is 0 Å². The van der Waals surface area contributed by atoms with Gasteiger partial charge in [-0.3, -0.25) is 5.10 Å². The third kappa shape index (κ3) is 2.35. The van der Waals surface area contributed by atoms with Crippen molar-refractivity contribution in [2.45, 2.75) is 0 Å². The van der Waals surface area contributed by atoms with Crippen LogP contribution in [0.3, 0.4) is 0 Å². The summed E-state index contributed by atoms with van der Waals surface area (Å²) >= 11 is 12.2. The van der Waals surface area contributed by atoms with E-state index in [9.17, 15) is 0 Å². The van der Waals surface area contributed by atoms with E-state index >= 15 is 0 Å². The third-order valence-electron chi connectivity index (χ3n) is 2.86. The molecule has 0 bridgehead atoms. The zero-order valence-corrected chi connectivity index (χ0v) is 11.8. The van der Waals surface area contributed by atoms with Crippen molar-refractivity contribution < 1.29 is 0 Å². The number of anilines is 1. The highest BCUT2D eigenvalue weighted by Gasteiger charge is 2.12. The van der Waals surface area contributed by atoms with Crippen molar-refractivity contribution in [2.75, 3.05) is 5.73 Å². The van der Waals surface area contributed by atoms with Gasteiger partial charge in [0, 0.05) is 16.8 Å². The number of hydrogen-bond acceptors (Lipinski definition) is 3. The first-order chi connectivity index (χ1) is 9.65. The minimum absolute atomic E-state index is 0.453. The molecule has 0 radical (unpaired) electrons. The number of benzene rings is 2. The van der Waals surface area contributed by atoms with Crippen molar-refractivity contribution in [3.63, 3.8) is 0 Å². The van der Waals surface area contributed by atoms with Gasteiger partial charge in [-0.05, 0) is 36.4 Å². The van der Waals surface area contributed by atoms with Crippen molar-refractivity contribution in [1.29, 1.82) is 0 Å². The number of aromatic nitrogens is 3. The maximum Gasteiger partial charge on any atom is 0.181 e. The highest BCUT2D eigenvalue weighted by molar-refractivity contribution is 6.43. The van der Waals surface area contributed by atoms with E-state index in [1.165, 1.54) is 0 Å². The van der Waals surface area contributed by atoms with Crippen LogP contribution in [0.25, 0.3) is 22.8 Å². The van der Waals surface area contributed by atoms with Gasteiger partial charge in [0.2, 0.25) is 0 Å². The summed E-state index contributed by atoms with van der Waals surface area (Å²) in [5.74, 6) is 1.15. The standard InChI is InChI=1S/C14H10Cl2N4/c15-11-3-1-2-10(12(11)16)14-18-13(19-20-14)8-4-6-9(17)7-5-8/h1-7H,17H2,(H,18,19,20). The van der Waals surface area contributed by atoms with E-state index < -0.39 is 0 Å². The lowest BCUT2D eigenvalue weighted by atomic mass is 10.2. The lowest BCUT2D eigenvalue weighted by Crippen LogP contribution is -1.85. The fourth-order valence-corrected chi connectivity index (χ4v) is 2.22. The minimum atomic E-state index is 0.453. The van der Waals surface area contributed by atoms with Crippen LogP contribution in [0.4, 0.5) is 5.69 Å². The van der Waals surface area contributed by atoms with Crippen LogP contribution < -0.4 is 5.73 Å². The van der Waals surface area contributed by atoms with Crippen LogP contribution in [0.1, 0.15) is 0 Å². The largest absolute Gasteiger partial charge is 0.399 e. The van der Waals surface area contributed by atoms with Gasteiger partial charge in [0.25, 0.3) is 0 Å². The first-order valence-electron chi connectivity index (χ1n) is 5.88. The number of rotatable bonds is 2. The summed E-state index contributed by atoms with van der Waals surface area (Å²) in [5, 5.41) is 7.99. The lowest BCUT2D eigenvalue weighted by molar-refractivity contribution is 1.10. The molecule has 3 aromatic rings. The fraction of sp³-hybridized carbons (Fsp3) is 0. The molecule has 0 unspecified atom stereocenters. The summed E-state index contributed by atoms with van der Waals surface area (Å²) < 4.78 is 0. The second-order valence-corrected chi connectivity index (χ2v) is 5.02. The molecule has 1 aromatic heterocycles. The maximum absolute atomic E-state index is 6.17. The van der Waals surface area contributed by atoms with E-state index in [4.69, 9.17) is 28.9 Å². The number of nitrogens with zero attached hydrogens (tertiary/aromatic N) is 2.